The highest BCUT2D eigenvalue weighted by Crippen LogP contribution is 2.33. The minimum absolute atomic E-state index is 0.242. The Labute approximate surface area is 198 Å². The number of aromatic nitrogens is 4. The Morgan fingerprint density at radius 3 is 2.41 bits per heavy atom. The molecule has 7 nitrogen and oxygen atoms in total. The van der Waals surface area contributed by atoms with Crippen LogP contribution in [0, 0.1) is 33.6 Å². The monoisotopic (exact) mass is 457 g/mol. The van der Waals surface area contributed by atoms with Gasteiger partial charge in [0, 0.05) is 25.8 Å². The SMILES string of the molecule is Cc1ccc(C)c(Cn2c(=O)c3c(nc4n3C[C@H](C)CN4c3ccc(C)c(C)c3)n(C)c2=O)c1. The van der Waals surface area contributed by atoms with Crippen molar-refractivity contribution in [3.8, 4) is 0 Å². The van der Waals surface area contributed by atoms with Crippen molar-refractivity contribution in [1.29, 1.82) is 0 Å². The normalized spacial score (nSPS) is 15.7. The molecule has 3 heterocycles. The molecule has 0 aliphatic carbocycles. The molecule has 176 valence electrons. The number of hydrogen-bond acceptors (Lipinski definition) is 4. The maximum Gasteiger partial charge on any atom is 0.332 e. The lowest BCUT2D eigenvalue weighted by molar-refractivity contribution is 0.458. The van der Waals surface area contributed by atoms with Gasteiger partial charge in [-0.15, -0.1) is 0 Å². The molecule has 0 saturated heterocycles. The highest BCUT2D eigenvalue weighted by atomic mass is 16.2. The fraction of sp³-hybridized carbons (Fsp3) is 0.370. The van der Waals surface area contributed by atoms with E-state index in [2.05, 4.69) is 43.9 Å². The quantitative estimate of drug-likeness (QED) is 0.467. The third-order valence-electron chi connectivity index (χ3n) is 7.08. The van der Waals surface area contributed by atoms with Crippen LogP contribution in [0.3, 0.4) is 0 Å². The minimum atomic E-state index is -0.348. The average Bonchev–Trinajstić information content (AvgIpc) is 3.18. The molecule has 0 bridgehead atoms. The molecular formula is C27H31N5O2. The summed E-state index contributed by atoms with van der Waals surface area (Å²) in [5.74, 6) is 1.03. The molecule has 5 rings (SSSR count). The zero-order valence-electron chi connectivity index (χ0n) is 20.7. The summed E-state index contributed by atoms with van der Waals surface area (Å²) in [4.78, 5) is 34.0. The Kier molecular flexibility index (Phi) is 5.23. The Morgan fingerprint density at radius 1 is 0.941 bits per heavy atom. The molecule has 34 heavy (non-hydrogen) atoms. The lowest BCUT2D eigenvalue weighted by atomic mass is 10.1. The molecule has 0 radical (unpaired) electrons. The van der Waals surface area contributed by atoms with Crippen molar-refractivity contribution < 1.29 is 0 Å². The van der Waals surface area contributed by atoms with Crippen molar-refractivity contribution in [3.05, 3.63) is 85.1 Å². The lowest BCUT2D eigenvalue weighted by Crippen LogP contribution is -2.40. The Morgan fingerprint density at radius 2 is 1.68 bits per heavy atom. The maximum absolute atomic E-state index is 13.8. The van der Waals surface area contributed by atoms with E-state index in [1.807, 2.05) is 36.6 Å². The Hall–Kier alpha value is -3.61. The van der Waals surface area contributed by atoms with Gasteiger partial charge in [0.25, 0.3) is 5.56 Å². The number of rotatable bonds is 3. The van der Waals surface area contributed by atoms with Crippen LogP contribution in [-0.2, 0) is 20.1 Å². The van der Waals surface area contributed by atoms with Gasteiger partial charge >= 0.3 is 5.69 Å². The topological polar surface area (TPSA) is 65.1 Å². The summed E-state index contributed by atoms with van der Waals surface area (Å²) in [6.07, 6.45) is 0. The van der Waals surface area contributed by atoms with E-state index in [0.29, 0.717) is 29.6 Å². The molecular weight excluding hydrogens is 426 g/mol. The van der Waals surface area contributed by atoms with Gasteiger partial charge in [0.2, 0.25) is 5.95 Å². The standard InChI is InChI=1S/C27H31N5O2/c1-16-7-8-19(4)21(11-16)15-32-25(33)23-24(29(6)27(32)34)28-26-30(13-17(2)14-31(23)26)22-10-9-18(3)20(5)12-22/h7-12,17H,13-15H2,1-6H3/t17-/m1/s1. The highest BCUT2D eigenvalue weighted by molar-refractivity contribution is 5.77. The first-order chi connectivity index (χ1) is 16.2. The summed E-state index contributed by atoms with van der Waals surface area (Å²) in [7, 11) is 1.70. The van der Waals surface area contributed by atoms with Crippen molar-refractivity contribution >= 4 is 22.8 Å². The molecule has 1 aliphatic heterocycles. The maximum atomic E-state index is 13.8. The first-order valence-corrected chi connectivity index (χ1v) is 11.8. The van der Waals surface area contributed by atoms with Gasteiger partial charge in [0.15, 0.2) is 11.2 Å². The van der Waals surface area contributed by atoms with Gasteiger partial charge in [0.05, 0.1) is 6.54 Å². The van der Waals surface area contributed by atoms with Gasteiger partial charge in [-0.3, -0.25) is 13.9 Å². The number of fused-ring (bicyclic) bond motifs is 3. The van der Waals surface area contributed by atoms with Gasteiger partial charge in [-0.2, -0.15) is 4.98 Å². The molecule has 0 amide bonds. The van der Waals surface area contributed by atoms with E-state index in [1.54, 1.807) is 7.05 Å². The molecule has 7 heteroatoms. The molecule has 0 N–H and O–H groups in total. The van der Waals surface area contributed by atoms with Crippen molar-refractivity contribution in [2.24, 2.45) is 13.0 Å². The first-order valence-electron chi connectivity index (χ1n) is 11.8. The molecule has 4 aromatic rings. The number of anilines is 2. The Balaban J connectivity index is 1.72. The number of hydrogen-bond donors (Lipinski definition) is 0. The van der Waals surface area contributed by atoms with Crippen LogP contribution in [0.5, 0.6) is 0 Å². The average molecular weight is 458 g/mol. The van der Waals surface area contributed by atoms with E-state index >= 15 is 0 Å². The molecule has 1 atom stereocenters. The summed E-state index contributed by atoms with van der Waals surface area (Å²) in [6, 6.07) is 12.5. The second-order valence-corrected chi connectivity index (χ2v) is 9.84. The van der Waals surface area contributed by atoms with Crippen molar-refractivity contribution in [2.45, 2.75) is 47.7 Å². The van der Waals surface area contributed by atoms with Crippen LogP contribution in [0.15, 0.2) is 46.0 Å². The lowest BCUT2D eigenvalue weighted by Gasteiger charge is -2.33. The number of aryl methyl sites for hydroxylation is 5. The van der Waals surface area contributed by atoms with Crippen LogP contribution < -0.4 is 16.1 Å². The molecule has 0 fully saturated rings. The van der Waals surface area contributed by atoms with Gasteiger partial charge in [-0.1, -0.05) is 36.8 Å². The van der Waals surface area contributed by atoms with Gasteiger partial charge in [-0.05, 0) is 68.0 Å². The second-order valence-electron chi connectivity index (χ2n) is 9.84. The van der Waals surface area contributed by atoms with Crippen LogP contribution in [0.2, 0.25) is 0 Å². The molecule has 0 unspecified atom stereocenters. The van der Waals surface area contributed by atoms with Crippen molar-refractivity contribution in [2.75, 3.05) is 11.4 Å². The summed E-state index contributed by atoms with van der Waals surface area (Å²) in [5.41, 5.74) is 6.92. The largest absolute Gasteiger partial charge is 0.332 e. The number of nitrogens with zero attached hydrogens (tertiary/aromatic N) is 5. The fourth-order valence-electron chi connectivity index (χ4n) is 4.90. The van der Waals surface area contributed by atoms with Crippen LogP contribution >= 0.6 is 0 Å². The molecule has 2 aromatic carbocycles. The number of benzene rings is 2. The van der Waals surface area contributed by atoms with E-state index in [4.69, 9.17) is 4.98 Å². The smallest absolute Gasteiger partial charge is 0.312 e. The van der Waals surface area contributed by atoms with E-state index in [1.165, 1.54) is 20.3 Å². The summed E-state index contributed by atoms with van der Waals surface area (Å²) >= 11 is 0. The van der Waals surface area contributed by atoms with E-state index in [0.717, 1.165) is 28.9 Å². The molecule has 0 spiro atoms. The summed E-state index contributed by atoms with van der Waals surface area (Å²) < 4.78 is 4.86. The fourth-order valence-corrected chi connectivity index (χ4v) is 4.90. The zero-order valence-corrected chi connectivity index (χ0v) is 20.7. The third kappa shape index (κ3) is 3.47. The zero-order chi connectivity index (χ0) is 24.3. The number of imidazole rings is 1. The minimum Gasteiger partial charge on any atom is -0.312 e. The second kappa shape index (κ2) is 8.01. The third-order valence-corrected chi connectivity index (χ3v) is 7.08. The van der Waals surface area contributed by atoms with Crippen molar-refractivity contribution in [1.82, 2.24) is 18.7 Å². The summed E-state index contributed by atoms with van der Waals surface area (Å²) in [5, 5.41) is 0. The predicted octanol–water partition coefficient (Wildman–Crippen LogP) is 3.97. The highest BCUT2D eigenvalue weighted by Gasteiger charge is 2.30. The molecule has 1 aliphatic rings. The Bertz CT molecular complexity index is 1560. The van der Waals surface area contributed by atoms with Gasteiger partial charge in [-0.25, -0.2) is 4.79 Å². The summed E-state index contributed by atoms with van der Waals surface area (Å²) in [6.45, 7) is 12.1. The first kappa shape index (κ1) is 22.2. The van der Waals surface area contributed by atoms with Crippen LogP contribution in [0.25, 0.3) is 11.2 Å². The predicted molar refractivity (Wildman–Crippen MR) is 136 cm³/mol. The molecule has 0 saturated carbocycles. The van der Waals surface area contributed by atoms with Crippen LogP contribution in [0.4, 0.5) is 11.6 Å². The van der Waals surface area contributed by atoms with Crippen LogP contribution in [-0.4, -0.2) is 25.2 Å². The van der Waals surface area contributed by atoms with Crippen molar-refractivity contribution in [3.63, 3.8) is 0 Å². The van der Waals surface area contributed by atoms with E-state index in [-0.39, 0.29) is 17.8 Å². The molecule has 2 aromatic heterocycles. The van der Waals surface area contributed by atoms with E-state index in [9.17, 15) is 9.59 Å². The van der Waals surface area contributed by atoms with Gasteiger partial charge in [0.1, 0.15) is 0 Å². The van der Waals surface area contributed by atoms with Crippen LogP contribution in [0.1, 0.15) is 34.7 Å². The van der Waals surface area contributed by atoms with Gasteiger partial charge < -0.3 is 9.47 Å². The van der Waals surface area contributed by atoms with E-state index < -0.39 is 0 Å².